The molecule has 0 aliphatic rings. The molecule has 3 aromatic heterocycles. The van der Waals surface area contributed by atoms with E-state index in [9.17, 15) is 15.0 Å². The average molecular weight is 393 g/mol. The summed E-state index contributed by atoms with van der Waals surface area (Å²) in [7, 11) is 0. The molecule has 0 saturated carbocycles. The van der Waals surface area contributed by atoms with Gasteiger partial charge in [-0.3, -0.25) is 4.79 Å². The van der Waals surface area contributed by atoms with E-state index in [0.717, 1.165) is 22.0 Å². The number of aliphatic hydroxyl groups is 2. The Kier molecular flexibility index (Phi) is 4.96. The first-order valence-corrected chi connectivity index (χ1v) is 9.46. The average Bonchev–Trinajstić information content (AvgIpc) is 3.37. The number of amides is 1. The molecule has 4 aromatic rings. The Morgan fingerprint density at radius 2 is 2.14 bits per heavy atom. The van der Waals surface area contributed by atoms with Gasteiger partial charge in [0.2, 0.25) is 0 Å². The quantitative estimate of drug-likeness (QED) is 0.328. The lowest BCUT2D eigenvalue weighted by molar-refractivity contribution is 0.0997. The van der Waals surface area contributed by atoms with E-state index < -0.39 is 18.1 Å². The van der Waals surface area contributed by atoms with Gasteiger partial charge in [0.05, 0.1) is 41.7 Å². The van der Waals surface area contributed by atoms with Crippen LogP contribution < -0.4 is 11.1 Å². The number of primary amides is 1. The fraction of sp³-hybridized carbons (Fsp3) is 0.238. The van der Waals surface area contributed by atoms with E-state index in [-0.39, 0.29) is 12.2 Å². The lowest BCUT2D eigenvalue weighted by Gasteiger charge is -2.23. The minimum atomic E-state index is -0.778. The van der Waals surface area contributed by atoms with Crippen LogP contribution in [0.2, 0.25) is 0 Å². The summed E-state index contributed by atoms with van der Waals surface area (Å²) in [6.45, 7) is 1.53. The largest absolute Gasteiger partial charge is 0.394 e. The third-order valence-corrected chi connectivity index (χ3v) is 5.20. The van der Waals surface area contributed by atoms with Gasteiger partial charge in [-0.1, -0.05) is 13.0 Å². The highest BCUT2D eigenvalue weighted by atomic mass is 16.3. The van der Waals surface area contributed by atoms with Gasteiger partial charge in [0.15, 0.2) is 0 Å². The number of anilines is 1. The van der Waals surface area contributed by atoms with Gasteiger partial charge in [0, 0.05) is 23.5 Å². The number of rotatable bonds is 7. The Hall–Kier alpha value is -3.36. The van der Waals surface area contributed by atoms with Crippen LogP contribution >= 0.6 is 0 Å². The van der Waals surface area contributed by atoms with E-state index in [1.807, 2.05) is 43.6 Å². The Labute approximate surface area is 167 Å². The van der Waals surface area contributed by atoms with Crippen molar-refractivity contribution >= 4 is 28.0 Å². The van der Waals surface area contributed by atoms with Gasteiger partial charge in [0.1, 0.15) is 0 Å². The molecular formula is C21H23N5O3. The number of nitrogens with two attached hydrogens (primary N) is 1. The normalized spacial score (nSPS) is 13.6. The van der Waals surface area contributed by atoms with Crippen molar-refractivity contribution in [3.8, 4) is 11.1 Å². The smallest absolute Gasteiger partial charge is 0.252 e. The van der Waals surface area contributed by atoms with E-state index in [1.165, 1.54) is 6.20 Å². The molecule has 29 heavy (non-hydrogen) atoms. The van der Waals surface area contributed by atoms with Gasteiger partial charge < -0.3 is 26.2 Å². The maximum Gasteiger partial charge on any atom is 0.252 e. The monoisotopic (exact) mass is 393 g/mol. The topological polar surface area (TPSA) is 129 Å². The molecule has 1 amide bonds. The van der Waals surface area contributed by atoms with Crippen molar-refractivity contribution in [3.63, 3.8) is 0 Å². The zero-order chi connectivity index (χ0) is 20.5. The number of aromatic nitrogens is 3. The van der Waals surface area contributed by atoms with Gasteiger partial charge in [-0.05, 0) is 41.6 Å². The highest BCUT2D eigenvalue weighted by Gasteiger charge is 2.22. The van der Waals surface area contributed by atoms with E-state index in [2.05, 4.69) is 21.5 Å². The second kappa shape index (κ2) is 7.57. The summed E-state index contributed by atoms with van der Waals surface area (Å²) in [6, 6.07) is 9.35. The molecule has 3 heterocycles. The van der Waals surface area contributed by atoms with E-state index in [0.29, 0.717) is 17.6 Å². The fourth-order valence-electron chi connectivity index (χ4n) is 3.52. The fourth-order valence-corrected chi connectivity index (χ4v) is 3.52. The van der Waals surface area contributed by atoms with Crippen LogP contribution in [0.15, 0.2) is 48.9 Å². The summed E-state index contributed by atoms with van der Waals surface area (Å²) in [5.74, 6) is -0.637. The van der Waals surface area contributed by atoms with Gasteiger partial charge in [-0.15, -0.1) is 0 Å². The van der Waals surface area contributed by atoms with Crippen molar-refractivity contribution < 1.29 is 15.0 Å². The minimum absolute atomic E-state index is 0.199. The lowest BCUT2D eigenvalue weighted by atomic mass is 10.1. The molecule has 0 aliphatic carbocycles. The predicted octanol–water partition coefficient (Wildman–Crippen LogP) is 2.13. The number of carbonyl (C=O) groups excluding carboxylic acids is 1. The summed E-state index contributed by atoms with van der Waals surface area (Å²) >= 11 is 0. The number of nitrogens with one attached hydrogen (secondary N) is 2. The molecule has 150 valence electrons. The van der Waals surface area contributed by atoms with Crippen LogP contribution in [0.25, 0.3) is 27.5 Å². The van der Waals surface area contributed by atoms with Gasteiger partial charge in [-0.2, -0.15) is 5.10 Å². The number of carbonyl (C=O) groups is 1. The molecule has 6 N–H and O–H groups in total. The second-order valence-corrected chi connectivity index (χ2v) is 7.04. The van der Waals surface area contributed by atoms with Crippen LogP contribution in [0.1, 0.15) is 23.7 Å². The van der Waals surface area contributed by atoms with Crippen LogP contribution in [0, 0.1) is 0 Å². The van der Waals surface area contributed by atoms with Crippen LogP contribution in [-0.2, 0) is 0 Å². The first-order chi connectivity index (χ1) is 14.0. The summed E-state index contributed by atoms with van der Waals surface area (Å²) in [5, 5.41) is 28.4. The Morgan fingerprint density at radius 3 is 2.86 bits per heavy atom. The Bertz CT molecular complexity index is 1180. The van der Waals surface area contributed by atoms with Gasteiger partial charge in [-0.25, -0.2) is 4.52 Å². The molecule has 0 unspecified atom stereocenters. The first-order valence-electron chi connectivity index (χ1n) is 9.46. The molecule has 4 rings (SSSR count). The zero-order valence-corrected chi connectivity index (χ0v) is 16.0. The molecular weight excluding hydrogens is 370 g/mol. The Morgan fingerprint density at radius 1 is 1.31 bits per heavy atom. The van der Waals surface area contributed by atoms with E-state index in [4.69, 9.17) is 5.73 Å². The third kappa shape index (κ3) is 3.43. The summed E-state index contributed by atoms with van der Waals surface area (Å²) < 4.78 is 1.65. The van der Waals surface area contributed by atoms with Crippen molar-refractivity contribution in [3.05, 3.63) is 54.5 Å². The number of hydrogen-bond acceptors (Lipinski definition) is 5. The van der Waals surface area contributed by atoms with Crippen LogP contribution in [-0.4, -0.2) is 49.5 Å². The zero-order valence-electron chi connectivity index (χ0n) is 16.0. The van der Waals surface area contributed by atoms with E-state index >= 15 is 0 Å². The molecule has 0 aliphatic heterocycles. The standard InChI is InChI=1S/C21H23N5O3/c1-2-19(28)17(11-27)25-20-15(21(22)29)9-24-26-10-14(8-18(20)26)12-3-4-16-13(7-12)5-6-23-16/h3-10,17,19,23,25,27-28H,2,11H2,1H3,(H2,22,29)/t17-,19-/m1/s1. The molecule has 2 atom stereocenters. The second-order valence-electron chi connectivity index (χ2n) is 7.04. The molecule has 0 radical (unpaired) electrons. The molecule has 0 saturated heterocycles. The van der Waals surface area contributed by atoms with Crippen molar-refractivity contribution in [2.45, 2.75) is 25.5 Å². The number of benzene rings is 1. The van der Waals surface area contributed by atoms with Crippen LogP contribution in [0.3, 0.4) is 0 Å². The van der Waals surface area contributed by atoms with Gasteiger partial charge >= 0.3 is 0 Å². The summed E-state index contributed by atoms with van der Waals surface area (Å²) in [6.07, 6.45) is 4.82. The lowest BCUT2D eigenvalue weighted by Crippen LogP contribution is -2.37. The van der Waals surface area contributed by atoms with Crippen molar-refractivity contribution in [1.82, 2.24) is 14.6 Å². The Balaban J connectivity index is 1.83. The van der Waals surface area contributed by atoms with Crippen LogP contribution in [0.4, 0.5) is 5.69 Å². The first kappa shape index (κ1) is 19.0. The molecule has 8 nitrogen and oxygen atoms in total. The van der Waals surface area contributed by atoms with Crippen molar-refractivity contribution in [2.24, 2.45) is 5.73 Å². The maximum atomic E-state index is 12.0. The molecule has 0 spiro atoms. The molecule has 1 aromatic carbocycles. The van der Waals surface area contributed by atoms with Crippen molar-refractivity contribution in [1.29, 1.82) is 0 Å². The number of aromatic amines is 1. The highest BCUT2D eigenvalue weighted by Crippen LogP contribution is 2.30. The van der Waals surface area contributed by atoms with Crippen LogP contribution in [0.5, 0.6) is 0 Å². The predicted molar refractivity (Wildman–Crippen MR) is 112 cm³/mol. The summed E-state index contributed by atoms with van der Waals surface area (Å²) in [5.41, 5.74) is 9.78. The number of fused-ring (bicyclic) bond motifs is 2. The number of nitrogens with zero attached hydrogens (tertiary/aromatic N) is 2. The van der Waals surface area contributed by atoms with Gasteiger partial charge in [0.25, 0.3) is 5.91 Å². The SMILES string of the molecule is CC[C@@H](O)[C@@H](CO)Nc1c(C(N)=O)cnn2cc(-c3ccc4[nH]ccc4c3)cc12. The molecule has 0 bridgehead atoms. The maximum absolute atomic E-state index is 12.0. The number of H-pyrrole nitrogens is 1. The number of aliphatic hydroxyl groups excluding tert-OH is 2. The summed E-state index contributed by atoms with van der Waals surface area (Å²) in [4.78, 5) is 15.1. The minimum Gasteiger partial charge on any atom is -0.394 e. The van der Waals surface area contributed by atoms with E-state index in [1.54, 1.807) is 4.52 Å². The third-order valence-electron chi connectivity index (χ3n) is 5.20. The number of hydrogen-bond donors (Lipinski definition) is 5. The van der Waals surface area contributed by atoms with Crippen molar-refractivity contribution in [2.75, 3.05) is 11.9 Å². The molecule has 0 fully saturated rings. The molecule has 8 heteroatoms. The highest BCUT2D eigenvalue weighted by molar-refractivity contribution is 6.02.